The van der Waals surface area contributed by atoms with Crippen molar-refractivity contribution in [3.05, 3.63) is 40.9 Å². The highest BCUT2D eigenvalue weighted by molar-refractivity contribution is 6.30. The lowest BCUT2D eigenvalue weighted by molar-refractivity contribution is 0.526. The van der Waals surface area contributed by atoms with E-state index in [2.05, 4.69) is 30.9 Å². The number of nitrogens with zero attached hydrogens (tertiary/aromatic N) is 3. The molecule has 2 aromatic rings. The zero-order chi connectivity index (χ0) is 12.6. The molecule has 0 aliphatic carbocycles. The molecule has 0 unspecified atom stereocenters. The van der Waals surface area contributed by atoms with E-state index in [9.17, 15) is 0 Å². The smallest absolute Gasteiger partial charge is 0.148 e. The Bertz CT molecular complexity index is 521. The number of benzene rings is 1. The molecule has 0 radical (unpaired) electrons. The van der Waals surface area contributed by atoms with Crippen LogP contribution in [0.4, 0.5) is 0 Å². The van der Waals surface area contributed by atoms with Crippen molar-refractivity contribution in [1.82, 2.24) is 14.8 Å². The Labute approximate surface area is 106 Å². The van der Waals surface area contributed by atoms with E-state index in [1.54, 1.807) is 0 Å². The molecule has 2 rings (SSSR count). The third kappa shape index (κ3) is 2.50. The molecule has 0 spiro atoms. The van der Waals surface area contributed by atoms with Gasteiger partial charge in [-0.3, -0.25) is 0 Å². The van der Waals surface area contributed by atoms with Gasteiger partial charge in [0.05, 0.1) is 5.69 Å². The quantitative estimate of drug-likeness (QED) is 0.774. The second kappa shape index (κ2) is 4.15. The van der Waals surface area contributed by atoms with Crippen molar-refractivity contribution in [2.24, 2.45) is 0 Å². The van der Waals surface area contributed by atoms with Crippen LogP contribution >= 0.6 is 11.6 Å². The Morgan fingerprint density at radius 3 is 2.24 bits per heavy atom. The molecule has 1 aromatic heterocycles. The minimum atomic E-state index is -0.0408. The topological polar surface area (TPSA) is 30.7 Å². The number of rotatable bonds is 1. The normalized spacial score (nSPS) is 11.8. The largest absolute Gasteiger partial charge is 0.217 e. The molecule has 1 heterocycles. The second-order valence-corrected chi connectivity index (χ2v) is 5.56. The van der Waals surface area contributed by atoms with E-state index in [0.29, 0.717) is 0 Å². The molecule has 3 nitrogen and oxygen atoms in total. The Balaban J connectivity index is 2.55. The minimum Gasteiger partial charge on any atom is -0.217 e. The molecule has 0 N–H and O–H groups in total. The minimum absolute atomic E-state index is 0.0408. The van der Waals surface area contributed by atoms with Crippen LogP contribution in [-0.4, -0.2) is 14.8 Å². The molecule has 0 saturated carbocycles. The molecule has 0 saturated heterocycles. The van der Waals surface area contributed by atoms with Gasteiger partial charge in [-0.05, 0) is 31.2 Å². The van der Waals surface area contributed by atoms with Gasteiger partial charge in [-0.15, -0.1) is 0 Å². The second-order valence-electron chi connectivity index (χ2n) is 5.12. The van der Waals surface area contributed by atoms with E-state index in [1.165, 1.54) is 0 Å². The van der Waals surface area contributed by atoms with Crippen LogP contribution in [0.1, 0.15) is 32.4 Å². The van der Waals surface area contributed by atoms with Crippen LogP contribution in [0.5, 0.6) is 0 Å². The van der Waals surface area contributed by atoms with Crippen molar-refractivity contribution < 1.29 is 0 Å². The summed E-state index contributed by atoms with van der Waals surface area (Å²) in [6, 6.07) is 7.62. The average Bonchev–Trinajstić information content (AvgIpc) is 2.61. The summed E-state index contributed by atoms with van der Waals surface area (Å²) in [5, 5.41) is 5.16. The highest BCUT2D eigenvalue weighted by atomic mass is 35.5. The van der Waals surface area contributed by atoms with Crippen molar-refractivity contribution in [3.8, 4) is 5.69 Å². The predicted octanol–water partition coefficient (Wildman–Crippen LogP) is 3.53. The maximum absolute atomic E-state index is 5.89. The summed E-state index contributed by atoms with van der Waals surface area (Å²) >= 11 is 5.89. The van der Waals surface area contributed by atoms with Gasteiger partial charge in [-0.2, -0.15) is 5.10 Å². The summed E-state index contributed by atoms with van der Waals surface area (Å²) in [6.07, 6.45) is 0. The molecule has 0 aliphatic heterocycles. The molecule has 0 amide bonds. The first-order chi connectivity index (χ1) is 7.88. The predicted molar refractivity (Wildman–Crippen MR) is 69.8 cm³/mol. The Hall–Kier alpha value is -1.35. The first kappa shape index (κ1) is 12.1. The zero-order valence-corrected chi connectivity index (χ0v) is 11.3. The Morgan fingerprint density at radius 2 is 1.71 bits per heavy atom. The zero-order valence-electron chi connectivity index (χ0n) is 10.5. The highest BCUT2D eigenvalue weighted by Gasteiger charge is 2.22. The van der Waals surface area contributed by atoms with E-state index in [0.717, 1.165) is 22.4 Å². The number of hydrogen-bond donors (Lipinski definition) is 0. The van der Waals surface area contributed by atoms with Crippen LogP contribution < -0.4 is 0 Å². The maximum Gasteiger partial charge on any atom is 0.148 e. The number of aromatic nitrogens is 3. The van der Waals surface area contributed by atoms with E-state index in [1.807, 2.05) is 35.9 Å². The van der Waals surface area contributed by atoms with Gasteiger partial charge in [-0.1, -0.05) is 32.4 Å². The van der Waals surface area contributed by atoms with E-state index in [-0.39, 0.29) is 5.41 Å². The van der Waals surface area contributed by atoms with Gasteiger partial charge in [0.15, 0.2) is 0 Å². The van der Waals surface area contributed by atoms with Gasteiger partial charge in [0.2, 0.25) is 0 Å². The van der Waals surface area contributed by atoms with Gasteiger partial charge in [0.25, 0.3) is 0 Å². The van der Waals surface area contributed by atoms with Crippen LogP contribution in [0.25, 0.3) is 5.69 Å². The van der Waals surface area contributed by atoms with Crippen molar-refractivity contribution in [3.63, 3.8) is 0 Å². The van der Waals surface area contributed by atoms with Crippen LogP contribution in [0.3, 0.4) is 0 Å². The van der Waals surface area contributed by atoms with Gasteiger partial charge < -0.3 is 0 Å². The molecule has 17 heavy (non-hydrogen) atoms. The summed E-state index contributed by atoms with van der Waals surface area (Å²) < 4.78 is 1.88. The maximum atomic E-state index is 5.89. The lowest BCUT2D eigenvalue weighted by atomic mass is 9.95. The van der Waals surface area contributed by atoms with Crippen LogP contribution in [0, 0.1) is 6.92 Å². The van der Waals surface area contributed by atoms with Gasteiger partial charge in [0, 0.05) is 10.4 Å². The first-order valence-corrected chi connectivity index (χ1v) is 5.96. The average molecular weight is 250 g/mol. The summed E-state index contributed by atoms with van der Waals surface area (Å²) in [7, 11) is 0. The highest BCUT2D eigenvalue weighted by Crippen LogP contribution is 2.23. The number of aryl methyl sites for hydroxylation is 1. The molecule has 1 aromatic carbocycles. The van der Waals surface area contributed by atoms with Gasteiger partial charge in [-0.25, -0.2) is 9.67 Å². The monoisotopic (exact) mass is 249 g/mol. The lowest BCUT2D eigenvalue weighted by Gasteiger charge is -2.18. The summed E-state index contributed by atoms with van der Waals surface area (Å²) in [5.74, 6) is 1.74. The molecular formula is C13H16ClN3. The molecule has 0 bridgehead atoms. The summed E-state index contributed by atoms with van der Waals surface area (Å²) in [6.45, 7) is 8.29. The van der Waals surface area contributed by atoms with E-state index in [4.69, 9.17) is 11.6 Å². The molecule has 0 fully saturated rings. The summed E-state index contributed by atoms with van der Waals surface area (Å²) in [5.41, 5.74) is 0.945. The molecule has 90 valence electrons. The SMILES string of the molecule is Cc1nc(C(C)(C)C)n(-c2ccc(Cl)cc2)n1. The van der Waals surface area contributed by atoms with Gasteiger partial charge in [0.1, 0.15) is 11.6 Å². The Kier molecular flexibility index (Phi) is 2.96. The van der Waals surface area contributed by atoms with Crippen molar-refractivity contribution >= 4 is 11.6 Å². The van der Waals surface area contributed by atoms with Crippen molar-refractivity contribution in [1.29, 1.82) is 0 Å². The van der Waals surface area contributed by atoms with Gasteiger partial charge >= 0.3 is 0 Å². The lowest BCUT2D eigenvalue weighted by Crippen LogP contribution is -2.18. The molecule has 0 aliphatic rings. The third-order valence-electron chi connectivity index (χ3n) is 2.46. The van der Waals surface area contributed by atoms with E-state index >= 15 is 0 Å². The van der Waals surface area contributed by atoms with E-state index < -0.39 is 0 Å². The Morgan fingerprint density at radius 1 is 1.12 bits per heavy atom. The fourth-order valence-electron chi connectivity index (χ4n) is 1.66. The fraction of sp³-hybridized carbons (Fsp3) is 0.385. The third-order valence-corrected chi connectivity index (χ3v) is 2.71. The van der Waals surface area contributed by atoms with Crippen LogP contribution in [0.15, 0.2) is 24.3 Å². The summed E-state index contributed by atoms with van der Waals surface area (Å²) in [4.78, 5) is 4.50. The number of hydrogen-bond acceptors (Lipinski definition) is 2. The molecule has 0 atom stereocenters. The van der Waals surface area contributed by atoms with Crippen molar-refractivity contribution in [2.45, 2.75) is 33.1 Å². The fourth-order valence-corrected chi connectivity index (χ4v) is 1.79. The number of halogens is 1. The standard InChI is InChI=1S/C13H16ClN3/c1-9-15-12(13(2,3)4)17(16-9)11-7-5-10(14)6-8-11/h5-8H,1-4H3. The molecular weight excluding hydrogens is 234 g/mol. The van der Waals surface area contributed by atoms with Crippen LogP contribution in [-0.2, 0) is 5.41 Å². The molecule has 4 heteroatoms. The first-order valence-electron chi connectivity index (χ1n) is 5.58. The van der Waals surface area contributed by atoms with Crippen LogP contribution in [0.2, 0.25) is 5.02 Å². The van der Waals surface area contributed by atoms with Crippen molar-refractivity contribution in [2.75, 3.05) is 0 Å².